The summed E-state index contributed by atoms with van der Waals surface area (Å²) < 4.78 is 0. The number of hydrogen-bond acceptors (Lipinski definition) is 0. The fourth-order valence-electron chi connectivity index (χ4n) is 5.20. The smallest absolute Gasteiger partial charge is 0.00926 e. The maximum Gasteiger partial charge on any atom is -0.00926 e. The molecule has 178 valence electrons. The van der Waals surface area contributed by atoms with E-state index in [-0.39, 0.29) is 0 Å². The zero-order chi connectivity index (χ0) is 25.2. The molecule has 37 heavy (non-hydrogen) atoms. The van der Waals surface area contributed by atoms with Crippen molar-refractivity contribution < 1.29 is 0 Å². The third kappa shape index (κ3) is 4.59. The summed E-state index contributed by atoms with van der Waals surface area (Å²) in [7, 11) is 0. The van der Waals surface area contributed by atoms with Crippen LogP contribution in [0.3, 0.4) is 0 Å². The Kier molecular flexibility index (Phi) is 6.16. The molecule has 6 aromatic carbocycles. The maximum absolute atomic E-state index is 2.38. The molecule has 0 heterocycles. The van der Waals surface area contributed by atoms with Crippen LogP contribution in [0.5, 0.6) is 0 Å². The average molecular weight is 475 g/mol. The van der Waals surface area contributed by atoms with Gasteiger partial charge in [0.1, 0.15) is 0 Å². The standard InChI is InChI=1S/C37H30/c1-26(2)27-18-20-29(21-19-27)33-23-35(31-16-10-5-11-17-31)36-24-32(28-12-6-3-7-13-28)22-34(37(36)25-33)30-14-8-4-9-15-30/h3-26H,1-2H3. The molecule has 0 N–H and O–H groups in total. The molecule has 0 amide bonds. The Labute approximate surface area is 219 Å². The summed E-state index contributed by atoms with van der Waals surface area (Å²) in [6.07, 6.45) is 0. The highest BCUT2D eigenvalue weighted by Gasteiger charge is 2.15. The highest BCUT2D eigenvalue weighted by Crippen LogP contribution is 2.41. The van der Waals surface area contributed by atoms with Gasteiger partial charge < -0.3 is 0 Å². The number of rotatable bonds is 5. The summed E-state index contributed by atoms with van der Waals surface area (Å²) in [5, 5.41) is 2.55. The maximum atomic E-state index is 2.38. The highest BCUT2D eigenvalue weighted by atomic mass is 14.2. The summed E-state index contributed by atoms with van der Waals surface area (Å²) in [6, 6.07) is 50.8. The van der Waals surface area contributed by atoms with Gasteiger partial charge in [0.25, 0.3) is 0 Å². The van der Waals surface area contributed by atoms with Gasteiger partial charge in [-0.1, -0.05) is 129 Å². The number of hydrogen-bond donors (Lipinski definition) is 0. The van der Waals surface area contributed by atoms with E-state index in [9.17, 15) is 0 Å². The molecule has 0 saturated carbocycles. The van der Waals surface area contributed by atoms with Crippen LogP contribution >= 0.6 is 0 Å². The molecule has 0 aromatic heterocycles. The van der Waals surface area contributed by atoms with Gasteiger partial charge in [0.05, 0.1) is 0 Å². The van der Waals surface area contributed by atoms with Crippen molar-refractivity contribution in [2.24, 2.45) is 0 Å². The Balaban J connectivity index is 1.68. The van der Waals surface area contributed by atoms with Gasteiger partial charge in [0.15, 0.2) is 0 Å². The van der Waals surface area contributed by atoms with Crippen LogP contribution in [0.15, 0.2) is 140 Å². The third-order valence-corrected chi connectivity index (χ3v) is 7.26. The van der Waals surface area contributed by atoms with E-state index in [0.29, 0.717) is 5.92 Å². The van der Waals surface area contributed by atoms with Crippen molar-refractivity contribution >= 4 is 10.8 Å². The monoisotopic (exact) mass is 474 g/mol. The Hall–Kier alpha value is -4.42. The summed E-state index contributed by atoms with van der Waals surface area (Å²) >= 11 is 0. The number of fused-ring (bicyclic) bond motifs is 1. The first kappa shape index (κ1) is 23.0. The Morgan fingerprint density at radius 2 is 0.730 bits per heavy atom. The average Bonchev–Trinajstić information content (AvgIpc) is 2.97. The first-order chi connectivity index (χ1) is 18.2. The molecule has 0 radical (unpaired) electrons. The lowest BCUT2D eigenvalue weighted by Crippen LogP contribution is -1.91. The number of benzene rings is 6. The van der Waals surface area contributed by atoms with E-state index in [0.717, 1.165) is 0 Å². The van der Waals surface area contributed by atoms with Crippen LogP contribution in [0, 0.1) is 0 Å². The molecule has 0 spiro atoms. The minimum atomic E-state index is 0.520. The van der Waals surface area contributed by atoms with E-state index in [1.165, 1.54) is 60.8 Å². The molecule has 0 saturated heterocycles. The minimum absolute atomic E-state index is 0.520. The van der Waals surface area contributed by atoms with Gasteiger partial charge in [-0.3, -0.25) is 0 Å². The fourth-order valence-corrected chi connectivity index (χ4v) is 5.20. The lowest BCUT2D eigenvalue weighted by Gasteiger charge is -2.17. The van der Waals surface area contributed by atoms with Crippen LogP contribution in [0.2, 0.25) is 0 Å². The molecular weight excluding hydrogens is 444 g/mol. The van der Waals surface area contributed by atoms with Crippen LogP contribution in [0.1, 0.15) is 25.3 Å². The van der Waals surface area contributed by atoms with Crippen molar-refractivity contribution in [2.45, 2.75) is 19.8 Å². The van der Waals surface area contributed by atoms with E-state index in [4.69, 9.17) is 0 Å². The quantitative estimate of drug-likeness (QED) is 0.233. The normalized spacial score (nSPS) is 11.2. The second-order valence-electron chi connectivity index (χ2n) is 10.0. The minimum Gasteiger partial charge on any atom is -0.0622 e. The molecule has 0 fully saturated rings. The van der Waals surface area contributed by atoms with Gasteiger partial charge in [-0.25, -0.2) is 0 Å². The van der Waals surface area contributed by atoms with Crippen molar-refractivity contribution in [2.75, 3.05) is 0 Å². The van der Waals surface area contributed by atoms with E-state index in [1.54, 1.807) is 0 Å². The predicted molar refractivity (Wildman–Crippen MR) is 160 cm³/mol. The fraction of sp³-hybridized carbons (Fsp3) is 0.0811. The van der Waals surface area contributed by atoms with Gasteiger partial charge in [0.2, 0.25) is 0 Å². The summed E-state index contributed by atoms with van der Waals surface area (Å²) in [5.74, 6) is 0.520. The Bertz CT molecular complexity index is 1640. The highest BCUT2D eigenvalue weighted by molar-refractivity contribution is 6.09. The van der Waals surface area contributed by atoms with Crippen LogP contribution in [0.25, 0.3) is 55.3 Å². The Morgan fingerprint density at radius 1 is 0.351 bits per heavy atom. The molecule has 0 bridgehead atoms. The van der Waals surface area contributed by atoms with Gasteiger partial charge in [0, 0.05) is 0 Å². The van der Waals surface area contributed by atoms with E-state index >= 15 is 0 Å². The zero-order valence-corrected chi connectivity index (χ0v) is 21.4. The third-order valence-electron chi connectivity index (χ3n) is 7.26. The summed E-state index contributed by atoms with van der Waals surface area (Å²) in [5.41, 5.74) is 11.3. The Morgan fingerprint density at radius 3 is 1.14 bits per heavy atom. The van der Waals surface area contributed by atoms with Crippen LogP contribution < -0.4 is 0 Å². The lowest BCUT2D eigenvalue weighted by molar-refractivity contribution is 0.867. The van der Waals surface area contributed by atoms with Crippen molar-refractivity contribution in [1.29, 1.82) is 0 Å². The van der Waals surface area contributed by atoms with Crippen LogP contribution in [-0.4, -0.2) is 0 Å². The van der Waals surface area contributed by atoms with Crippen molar-refractivity contribution in [3.63, 3.8) is 0 Å². The molecule has 0 unspecified atom stereocenters. The summed E-state index contributed by atoms with van der Waals surface area (Å²) in [4.78, 5) is 0. The molecule has 0 heteroatoms. The lowest BCUT2D eigenvalue weighted by atomic mass is 9.86. The molecule has 0 aliphatic rings. The molecule has 0 aliphatic carbocycles. The van der Waals surface area contributed by atoms with Gasteiger partial charge in [-0.05, 0) is 91.0 Å². The van der Waals surface area contributed by atoms with Crippen molar-refractivity contribution in [3.8, 4) is 44.5 Å². The van der Waals surface area contributed by atoms with Crippen molar-refractivity contribution in [3.05, 3.63) is 145 Å². The second kappa shape index (κ2) is 9.91. The van der Waals surface area contributed by atoms with Crippen molar-refractivity contribution in [1.82, 2.24) is 0 Å². The molecule has 6 aromatic rings. The zero-order valence-electron chi connectivity index (χ0n) is 21.4. The van der Waals surface area contributed by atoms with Crippen LogP contribution in [0.4, 0.5) is 0 Å². The first-order valence-electron chi connectivity index (χ1n) is 13.1. The topological polar surface area (TPSA) is 0 Å². The SMILES string of the molecule is CC(C)c1ccc(-c2cc(-c3ccccc3)c3cc(-c4ccccc4)cc(-c4ccccc4)c3c2)cc1. The molecule has 6 rings (SSSR count). The van der Waals surface area contributed by atoms with E-state index < -0.39 is 0 Å². The van der Waals surface area contributed by atoms with Gasteiger partial charge >= 0.3 is 0 Å². The van der Waals surface area contributed by atoms with E-state index in [2.05, 4.69) is 153 Å². The predicted octanol–water partition coefficient (Wildman–Crippen LogP) is 10.6. The van der Waals surface area contributed by atoms with E-state index in [1.807, 2.05) is 0 Å². The molecular formula is C37H30. The largest absolute Gasteiger partial charge is 0.0622 e. The molecule has 0 nitrogen and oxygen atoms in total. The first-order valence-corrected chi connectivity index (χ1v) is 13.1. The van der Waals surface area contributed by atoms with Gasteiger partial charge in [-0.15, -0.1) is 0 Å². The second-order valence-corrected chi connectivity index (χ2v) is 10.0. The van der Waals surface area contributed by atoms with Gasteiger partial charge in [-0.2, -0.15) is 0 Å². The molecule has 0 aliphatic heterocycles. The molecule has 0 atom stereocenters. The summed E-state index contributed by atoms with van der Waals surface area (Å²) in [6.45, 7) is 4.49. The van der Waals surface area contributed by atoms with Crippen LogP contribution in [-0.2, 0) is 0 Å².